The molecule has 0 radical (unpaired) electrons. The van der Waals surface area contributed by atoms with Gasteiger partial charge in [-0.15, -0.1) is 0 Å². The second-order valence-electron chi connectivity index (χ2n) is 3.68. The first-order valence-electron chi connectivity index (χ1n) is 5.51. The van der Waals surface area contributed by atoms with Crippen molar-refractivity contribution in [2.24, 2.45) is 0 Å². The molecule has 1 atom stereocenters. The minimum Gasteiger partial charge on any atom is -0.353 e. The number of hydrogen-bond acceptors (Lipinski definition) is 3. The molecule has 2 amide bonds. The summed E-state index contributed by atoms with van der Waals surface area (Å²) < 4.78 is 0. The van der Waals surface area contributed by atoms with Crippen LogP contribution in [0.5, 0.6) is 0 Å². The minimum atomic E-state index is -0.136. The van der Waals surface area contributed by atoms with Crippen LogP contribution in [0.25, 0.3) is 0 Å². The lowest BCUT2D eigenvalue weighted by molar-refractivity contribution is -0.123. The Bertz CT molecular complexity index is 264. The Morgan fingerprint density at radius 1 is 1.19 bits per heavy atom. The molecule has 5 nitrogen and oxygen atoms in total. The Balaban J connectivity index is 3.79. The second kappa shape index (κ2) is 7.73. The molecule has 0 bridgehead atoms. The smallest absolute Gasteiger partial charge is 0.238 e. The highest BCUT2D eigenvalue weighted by molar-refractivity contribution is 5.79. The van der Waals surface area contributed by atoms with Crippen LogP contribution in [0.4, 0.5) is 0 Å². The largest absolute Gasteiger partial charge is 0.353 e. The Kier molecular flexibility index (Phi) is 7.00. The second-order valence-corrected chi connectivity index (χ2v) is 3.68. The molecule has 16 heavy (non-hydrogen) atoms. The van der Waals surface area contributed by atoms with Crippen molar-refractivity contribution >= 4 is 11.8 Å². The fraction of sp³-hybridized carbons (Fsp3) is 0.636. The molecule has 0 fully saturated rings. The van der Waals surface area contributed by atoms with E-state index in [1.165, 1.54) is 0 Å². The molecule has 0 spiro atoms. The highest BCUT2D eigenvalue weighted by Gasteiger charge is 2.07. The molecule has 0 rings (SSSR count). The Morgan fingerprint density at radius 2 is 1.81 bits per heavy atom. The zero-order valence-corrected chi connectivity index (χ0v) is 10.2. The lowest BCUT2D eigenvalue weighted by Crippen LogP contribution is -2.38. The Hall–Kier alpha value is -1.52. The van der Waals surface area contributed by atoms with Gasteiger partial charge in [-0.25, -0.2) is 0 Å². The van der Waals surface area contributed by atoms with Crippen LogP contribution in [0, 0.1) is 0 Å². The molecular formula is C11H21N3O2. The van der Waals surface area contributed by atoms with E-state index in [-0.39, 0.29) is 24.3 Å². The average molecular weight is 227 g/mol. The number of carbonyl (C=O) groups is 2. The van der Waals surface area contributed by atoms with E-state index in [1.54, 1.807) is 6.92 Å². The molecule has 0 aromatic carbocycles. The highest BCUT2D eigenvalue weighted by Crippen LogP contribution is 1.94. The topological polar surface area (TPSA) is 70.2 Å². The number of nitrogens with one attached hydrogen (secondary N) is 3. The van der Waals surface area contributed by atoms with Crippen LogP contribution >= 0.6 is 0 Å². The van der Waals surface area contributed by atoms with Gasteiger partial charge in [0.15, 0.2) is 0 Å². The monoisotopic (exact) mass is 227 g/mol. The molecular weight excluding hydrogens is 206 g/mol. The number of rotatable bonds is 7. The van der Waals surface area contributed by atoms with Gasteiger partial charge in [-0.3, -0.25) is 15.0 Å². The summed E-state index contributed by atoms with van der Waals surface area (Å²) in [6, 6.07) is 0.158. The first-order valence-corrected chi connectivity index (χ1v) is 5.51. The molecule has 0 aromatic rings. The van der Waals surface area contributed by atoms with Gasteiger partial charge in [0.25, 0.3) is 0 Å². The zero-order valence-electron chi connectivity index (χ0n) is 10.2. The normalized spacial score (nSPS) is 11.4. The van der Waals surface area contributed by atoms with Gasteiger partial charge in [0.1, 0.15) is 0 Å². The molecule has 0 aromatic heterocycles. The van der Waals surface area contributed by atoms with Gasteiger partial charge in [-0.2, -0.15) is 0 Å². The van der Waals surface area contributed by atoms with Crippen LogP contribution in [-0.2, 0) is 9.59 Å². The van der Waals surface area contributed by atoms with Gasteiger partial charge in [0.2, 0.25) is 11.8 Å². The maximum Gasteiger partial charge on any atom is 0.238 e. The Morgan fingerprint density at radius 3 is 2.31 bits per heavy atom. The number of hydrazine groups is 1. The minimum absolute atomic E-state index is 0.0994. The third kappa shape index (κ3) is 6.86. The number of carbonyl (C=O) groups excluding carboxylic acids is 2. The van der Waals surface area contributed by atoms with Crippen LogP contribution in [-0.4, -0.2) is 17.9 Å². The summed E-state index contributed by atoms with van der Waals surface area (Å²) in [5.41, 5.74) is 5.51. The van der Waals surface area contributed by atoms with E-state index in [0.717, 1.165) is 6.42 Å². The van der Waals surface area contributed by atoms with Crippen LogP contribution in [0.1, 0.15) is 40.0 Å². The first-order chi connectivity index (χ1) is 7.49. The SMILES string of the molecule is C=C(CC(=O)NC(C)CC)NNC(=O)CC. The van der Waals surface area contributed by atoms with E-state index < -0.39 is 0 Å². The van der Waals surface area contributed by atoms with Crippen molar-refractivity contribution in [3.63, 3.8) is 0 Å². The molecule has 0 aliphatic carbocycles. The molecule has 5 heteroatoms. The first kappa shape index (κ1) is 14.5. The van der Waals surface area contributed by atoms with Crippen molar-refractivity contribution in [3.05, 3.63) is 12.3 Å². The highest BCUT2D eigenvalue weighted by atomic mass is 16.2. The summed E-state index contributed by atoms with van der Waals surface area (Å²) in [5, 5.41) is 2.81. The predicted molar refractivity (Wildman–Crippen MR) is 63.2 cm³/mol. The lowest BCUT2D eigenvalue weighted by atomic mass is 10.2. The van der Waals surface area contributed by atoms with Crippen LogP contribution < -0.4 is 16.2 Å². The third-order valence-corrected chi connectivity index (χ3v) is 2.09. The fourth-order valence-electron chi connectivity index (χ4n) is 0.912. The summed E-state index contributed by atoms with van der Waals surface area (Å²) in [7, 11) is 0. The molecule has 0 aliphatic rings. The molecule has 0 saturated heterocycles. The summed E-state index contributed by atoms with van der Waals surface area (Å²) >= 11 is 0. The molecule has 0 aliphatic heterocycles. The third-order valence-electron chi connectivity index (χ3n) is 2.09. The van der Waals surface area contributed by atoms with E-state index in [1.807, 2.05) is 13.8 Å². The summed E-state index contributed by atoms with van der Waals surface area (Å²) in [5.74, 6) is -0.235. The molecule has 1 unspecified atom stereocenters. The van der Waals surface area contributed by atoms with E-state index in [4.69, 9.17) is 0 Å². The summed E-state index contributed by atoms with van der Waals surface area (Å²) in [6.07, 6.45) is 1.44. The molecule has 0 heterocycles. The number of amides is 2. The van der Waals surface area contributed by atoms with Gasteiger partial charge < -0.3 is 10.7 Å². The predicted octanol–water partition coefficient (Wildman–Crippen LogP) is 0.836. The fourth-order valence-corrected chi connectivity index (χ4v) is 0.912. The van der Waals surface area contributed by atoms with Gasteiger partial charge >= 0.3 is 0 Å². The van der Waals surface area contributed by atoms with Crippen LogP contribution in [0.2, 0.25) is 0 Å². The summed E-state index contributed by atoms with van der Waals surface area (Å²) in [4.78, 5) is 22.3. The van der Waals surface area contributed by atoms with Crippen LogP contribution in [0.15, 0.2) is 12.3 Å². The van der Waals surface area contributed by atoms with E-state index in [2.05, 4.69) is 22.7 Å². The van der Waals surface area contributed by atoms with Gasteiger partial charge in [0, 0.05) is 18.2 Å². The maximum absolute atomic E-state index is 11.4. The van der Waals surface area contributed by atoms with Crippen LogP contribution in [0.3, 0.4) is 0 Å². The maximum atomic E-state index is 11.4. The quantitative estimate of drug-likeness (QED) is 0.564. The molecule has 0 saturated carbocycles. The lowest BCUT2D eigenvalue weighted by Gasteiger charge is -2.13. The van der Waals surface area contributed by atoms with Gasteiger partial charge in [-0.05, 0) is 13.3 Å². The van der Waals surface area contributed by atoms with Crippen molar-refractivity contribution in [2.75, 3.05) is 0 Å². The van der Waals surface area contributed by atoms with Gasteiger partial charge in [0.05, 0.1) is 6.42 Å². The van der Waals surface area contributed by atoms with E-state index in [0.29, 0.717) is 12.1 Å². The molecule has 92 valence electrons. The van der Waals surface area contributed by atoms with Crippen molar-refractivity contribution in [1.29, 1.82) is 0 Å². The molecule has 3 N–H and O–H groups in total. The average Bonchev–Trinajstić information content (AvgIpc) is 2.25. The van der Waals surface area contributed by atoms with E-state index >= 15 is 0 Å². The van der Waals surface area contributed by atoms with Gasteiger partial charge in [-0.1, -0.05) is 20.4 Å². The zero-order chi connectivity index (χ0) is 12.6. The van der Waals surface area contributed by atoms with E-state index in [9.17, 15) is 9.59 Å². The van der Waals surface area contributed by atoms with Crippen molar-refractivity contribution < 1.29 is 9.59 Å². The van der Waals surface area contributed by atoms with Crippen molar-refractivity contribution in [2.45, 2.75) is 46.1 Å². The summed E-state index contributed by atoms with van der Waals surface area (Å²) in [6.45, 7) is 9.33. The number of hydrogen-bond donors (Lipinski definition) is 3. The Labute approximate surface area is 96.6 Å². The van der Waals surface area contributed by atoms with Crippen molar-refractivity contribution in [1.82, 2.24) is 16.2 Å². The van der Waals surface area contributed by atoms with Crippen molar-refractivity contribution in [3.8, 4) is 0 Å². The standard InChI is InChI=1S/C11H21N3O2/c1-5-8(3)12-11(16)7-9(4)13-14-10(15)6-2/h8,13H,4-7H2,1-3H3,(H,12,16)(H,14,15).